The zero-order valence-electron chi connectivity index (χ0n) is 34.0. The molecule has 0 aromatic heterocycles. The van der Waals surface area contributed by atoms with E-state index in [1.807, 2.05) is 0 Å². The summed E-state index contributed by atoms with van der Waals surface area (Å²) in [4.78, 5) is 59.8. The summed E-state index contributed by atoms with van der Waals surface area (Å²) in [6, 6.07) is 16.7. The third-order valence-electron chi connectivity index (χ3n) is 9.21. The third-order valence-corrected chi connectivity index (χ3v) is 9.21. The summed E-state index contributed by atoms with van der Waals surface area (Å²) in [7, 11) is 0. The van der Waals surface area contributed by atoms with Gasteiger partial charge >= 0.3 is 29.8 Å². The van der Waals surface area contributed by atoms with E-state index in [-0.39, 0.29) is 40.1 Å². The van der Waals surface area contributed by atoms with Crippen LogP contribution in [-0.2, 0) is 19.1 Å². The van der Waals surface area contributed by atoms with Crippen molar-refractivity contribution in [3.63, 3.8) is 0 Å². The molecule has 3 rings (SSSR count). The second-order valence-corrected chi connectivity index (χ2v) is 13.9. The van der Waals surface area contributed by atoms with Gasteiger partial charge in [-0.3, -0.25) is 0 Å². The molecule has 0 unspecified atom stereocenters. The topological polar surface area (TPSA) is 161 Å². The van der Waals surface area contributed by atoms with Crippen molar-refractivity contribution in [2.45, 2.75) is 103 Å². The maximum atomic E-state index is 12.9. The van der Waals surface area contributed by atoms with Crippen molar-refractivity contribution in [2.24, 2.45) is 0 Å². The number of esters is 4. The molecule has 0 bridgehead atoms. The Hall–Kier alpha value is -5.91. The number of aromatic carboxylic acids is 1. The van der Waals surface area contributed by atoms with Crippen molar-refractivity contribution in [3.05, 3.63) is 109 Å². The quantitative estimate of drug-likeness (QED) is 0.0284. The molecule has 3 aromatic rings. The van der Waals surface area contributed by atoms with Crippen LogP contribution in [0.5, 0.6) is 23.0 Å². The number of benzene rings is 3. The monoisotopic (exact) mass is 814 g/mol. The minimum atomic E-state index is -1.36. The highest BCUT2D eigenvalue weighted by molar-refractivity contribution is 5.96. The molecule has 0 atom stereocenters. The van der Waals surface area contributed by atoms with Gasteiger partial charge in [-0.2, -0.15) is 0 Å². The maximum absolute atomic E-state index is 12.9. The number of carboxylic acid groups (broad SMARTS) is 1. The summed E-state index contributed by atoms with van der Waals surface area (Å²) in [6.45, 7) is 8.72. The molecule has 0 fully saturated rings. The molecular weight excluding hydrogens is 757 g/mol. The number of hydrogen-bond donors (Lipinski definition) is 1. The largest absolute Gasteiger partial charge is 0.494 e. The van der Waals surface area contributed by atoms with Gasteiger partial charge in [-0.05, 0) is 92.4 Å². The minimum absolute atomic E-state index is 0.0243. The highest BCUT2D eigenvalue weighted by Crippen LogP contribution is 2.27. The Bertz CT molecular complexity index is 1760. The Morgan fingerprint density at radius 1 is 0.458 bits per heavy atom. The lowest BCUT2D eigenvalue weighted by Gasteiger charge is -2.11. The summed E-state index contributed by atoms with van der Waals surface area (Å²) in [5, 5.41) is 9.82. The number of unbranched alkanes of at least 4 members (excludes halogenated alkanes) is 14. The summed E-state index contributed by atoms with van der Waals surface area (Å²) in [5.41, 5.74) is 0.116. The predicted molar refractivity (Wildman–Crippen MR) is 223 cm³/mol. The minimum Gasteiger partial charge on any atom is -0.494 e. The van der Waals surface area contributed by atoms with Crippen LogP contribution >= 0.6 is 0 Å². The number of rotatable bonds is 31. The first kappa shape index (κ1) is 47.5. The average Bonchev–Trinajstić information content (AvgIpc) is 3.24. The van der Waals surface area contributed by atoms with E-state index in [1.54, 1.807) is 48.5 Å². The molecule has 12 nitrogen and oxygen atoms in total. The van der Waals surface area contributed by atoms with Crippen molar-refractivity contribution in [1.82, 2.24) is 0 Å². The van der Waals surface area contributed by atoms with E-state index in [0.29, 0.717) is 37.9 Å². The molecule has 3 aromatic carbocycles. The SMILES string of the molecule is C=CC(=O)OCCCCCCCCCCOc1ccc(C(=O)Oc2ccc(OC(=O)c3ccc(OCCCCCCCCCCOC(=O)C=C)cc3)c(C(=O)O)c2)cc1. The van der Waals surface area contributed by atoms with Gasteiger partial charge in [0.05, 0.1) is 37.6 Å². The lowest BCUT2D eigenvalue weighted by atomic mass is 10.1. The Balaban J connectivity index is 1.32. The number of carbonyl (C=O) groups excluding carboxylic acids is 4. The molecule has 0 radical (unpaired) electrons. The first-order valence-corrected chi connectivity index (χ1v) is 20.6. The zero-order valence-corrected chi connectivity index (χ0v) is 34.0. The number of carbonyl (C=O) groups is 5. The van der Waals surface area contributed by atoms with E-state index >= 15 is 0 Å². The Morgan fingerprint density at radius 3 is 1.20 bits per heavy atom. The van der Waals surface area contributed by atoms with Crippen LogP contribution in [0.4, 0.5) is 0 Å². The van der Waals surface area contributed by atoms with Gasteiger partial charge in [-0.25, -0.2) is 24.0 Å². The van der Waals surface area contributed by atoms with Crippen molar-refractivity contribution >= 4 is 29.8 Å². The molecular formula is C47H58O12. The summed E-state index contributed by atoms with van der Waals surface area (Å²) in [6.07, 6.45) is 19.0. The second kappa shape index (κ2) is 28.5. The molecule has 0 aliphatic rings. The molecule has 0 amide bonds. The fraction of sp³-hybridized carbons (Fsp3) is 0.426. The van der Waals surface area contributed by atoms with Gasteiger partial charge in [0, 0.05) is 12.2 Å². The first-order chi connectivity index (χ1) is 28.7. The molecule has 0 saturated carbocycles. The van der Waals surface area contributed by atoms with Crippen molar-refractivity contribution in [1.29, 1.82) is 0 Å². The highest BCUT2D eigenvalue weighted by atomic mass is 16.5. The zero-order chi connectivity index (χ0) is 42.5. The van der Waals surface area contributed by atoms with E-state index in [0.717, 1.165) is 109 Å². The van der Waals surface area contributed by atoms with Gasteiger partial charge in [0.1, 0.15) is 28.6 Å². The van der Waals surface area contributed by atoms with Crippen LogP contribution in [0.25, 0.3) is 0 Å². The molecule has 0 spiro atoms. The van der Waals surface area contributed by atoms with Crippen LogP contribution in [0.2, 0.25) is 0 Å². The third kappa shape index (κ3) is 19.9. The van der Waals surface area contributed by atoms with Crippen molar-refractivity contribution < 1.29 is 57.5 Å². The number of hydrogen-bond acceptors (Lipinski definition) is 11. The van der Waals surface area contributed by atoms with Crippen LogP contribution in [0, 0.1) is 0 Å². The number of carboxylic acids is 1. The van der Waals surface area contributed by atoms with Gasteiger partial charge in [0.2, 0.25) is 0 Å². The molecule has 318 valence electrons. The van der Waals surface area contributed by atoms with E-state index in [2.05, 4.69) is 13.2 Å². The lowest BCUT2D eigenvalue weighted by molar-refractivity contribution is -0.138. The normalized spacial score (nSPS) is 10.6. The molecule has 0 aliphatic heterocycles. The van der Waals surface area contributed by atoms with Crippen molar-refractivity contribution in [2.75, 3.05) is 26.4 Å². The van der Waals surface area contributed by atoms with Gasteiger partial charge in [0.15, 0.2) is 0 Å². The van der Waals surface area contributed by atoms with E-state index in [1.165, 1.54) is 24.3 Å². The smallest absolute Gasteiger partial charge is 0.343 e. The van der Waals surface area contributed by atoms with Crippen LogP contribution in [0.15, 0.2) is 92.0 Å². The molecule has 1 N–H and O–H groups in total. The van der Waals surface area contributed by atoms with E-state index in [9.17, 15) is 29.1 Å². The van der Waals surface area contributed by atoms with Gasteiger partial charge in [-0.15, -0.1) is 0 Å². The van der Waals surface area contributed by atoms with E-state index in [4.69, 9.17) is 28.4 Å². The molecule has 0 saturated heterocycles. The van der Waals surface area contributed by atoms with Crippen LogP contribution in [0.3, 0.4) is 0 Å². The standard InChI is InChI=1S/C47H58O12/c1-3-43(48)56-33-19-15-11-7-5-9-13-17-31-54-38-25-21-36(22-26-38)46(52)58-40-29-30-42(41(35-40)45(50)51)59-47(53)37-23-27-39(28-24-37)55-32-18-14-10-6-8-12-16-20-34-57-44(49)4-2/h3-4,21-30,35H,1-2,5-20,31-34H2,(H,50,51). The maximum Gasteiger partial charge on any atom is 0.343 e. The Kier molecular flexibility index (Phi) is 22.9. The lowest BCUT2D eigenvalue weighted by Crippen LogP contribution is -2.13. The predicted octanol–water partition coefficient (Wildman–Crippen LogP) is 10.3. The summed E-state index contributed by atoms with van der Waals surface area (Å²) < 4.78 is 32.4. The van der Waals surface area contributed by atoms with Crippen molar-refractivity contribution in [3.8, 4) is 23.0 Å². The number of ether oxygens (including phenoxy) is 6. The van der Waals surface area contributed by atoms with Crippen LogP contribution < -0.4 is 18.9 Å². The van der Waals surface area contributed by atoms with Gasteiger partial charge in [-0.1, -0.05) is 90.2 Å². The fourth-order valence-electron chi connectivity index (χ4n) is 5.90. The van der Waals surface area contributed by atoms with Crippen LogP contribution in [-0.4, -0.2) is 61.4 Å². The van der Waals surface area contributed by atoms with Gasteiger partial charge in [0.25, 0.3) is 0 Å². The second-order valence-electron chi connectivity index (χ2n) is 13.9. The molecule has 0 heterocycles. The molecule has 12 heteroatoms. The average molecular weight is 815 g/mol. The van der Waals surface area contributed by atoms with Crippen LogP contribution in [0.1, 0.15) is 134 Å². The van der Waals surface area contributed by atoms with E-state index < -0.39 is 17.9 Å². The molecule has 59 heavy (non-hydrogen) atoms. The Morgan fingerprint density at radius 2 is 0.814 bits per heavy atom. The highest BCUT2D eigenvalue weighted by Gasteiger charge is 2.19. The summed E-state index contributed by atoms with van der Waals surface area (Å²) >= 11 is 0. The fourth-order valence-corrected chi connectivity index (χ4v) is 5.90. The Labute approximate surface area is 347 Å². The molecule has 0 aliphatic carbocycles. The summed E-state index contributed by atoms with van der Waals surface area (Å²) in [5.74, 6) is -2.55. The van der Waals surface area contributed by atoms with Gasteiger partial charge < -0.3 is 33.5 Å². The first-order valence-electron chi connectivity index (χ1n) is 20.6.